The number of benzene rings is 6. The average molecular weight is 1660 g/mol. The molecule has 3 aliphatic heterocycles. The monoisotopic (exact) mass is 1660 g/mol. The maximum atomic E-state index is 13.6. The Balaban J connectivity index is 0.000000317. The number of nitrogens with zero attached hydrogens (tertiary/aromatic N) is 8. The molecule has 120 heavy (non-hydrogen) atoms. The Kier molecular flexibility index (Phi) is 42.2. The van der Waals surface area contributed by atoms with E-state index in [1.165, 1.54) is 57.5 Å². The number of para-hydroxylation sites is 4. The lowest BCUT2D eigenvalue weighted by Gasteiger charge is -2.29. The van der Waals surface area contributed by atoms with Gasteiger partial charge in [0.05, 0.1) is 187 Å². The Morgan fingerprint density at radius 1 is 0.450 bits per heavy atom. The molecule has 0 aliphatic carbocycles. The summed E-state index contributed by atoms with van der Waals surface area (Å²) < 4.78 is 43.9. The van der Waals surface area contributed by atoms with Gasteiger partial charge < -0.3 is 90.2 Å². The molecule has 2 unspecified atom stereocenters. The molecule has 38 nitrogen and oxygen atoms in total. The Bertz CT molecular complexity index is 4520. The molecular weight excluding hydrogens is 1560 g/mol. The zero-order valence-corrected chi connectivity index (χ0v) is 67.6. The molecule has 10 N–H and O–H groups in total. The lowest BCUT2D eigenvalue weighted by atomic mass is 9.96. The predicted molar refractivity (Wildman–Crippen MR) is 443 cm³/mol. The molecule has 3 heterocycles. The molecule has 6 aromatic rings. The van der Waals surface area contributed by atoms with Crippen LogP contribution in [0.4, 0.5) is 32.3 Å². The number of urea groups is 2. The van der Waals surface area contributed by atoms with Gasteiger partial charge in [-0.05, 0) is 40.9 Å². The minimum absolute atomic E-state index is 0.103. The summed E-state index contributed by atoms with van der Waals surface area (Å²) in [4.78, 5) is 128. The van der Waals surface area contributed by atoms with Crippen LogP contribution in [0.25, 0.3) is 21.8 Å². The zero-order valence-electron chi connectivity index (χ0n) is 67.6. The summed E-state index contributed by atoms with van der Waals surface area (Å²) in [6.45, 7) is 6.32. The first-order valence-corrected chi connectivity index (χ1v) is 38.9. The fraction of sp³-hybridized carbons (Fsp3) is 0.415. The molecule has 3 aliphatic rings. The molecule has 10 amide bonds. The number of hydrazine groups is 2. The number of anilines is 2. The van der Waals surface area contributed by atoms with E-state index in [1.54, 1.807) is 27.1 Å². The molecule has 0 spiro atoms. The number of amides is 10. The molecule has 0 bridgehead atoms. The number of nitro benzene ring substituents is 2. The molecule has 642 valence electrons. The third kappa shape index (κ3) is 32.7. The Labute approximate surface area is 694 Å². The van der Waals surface area contributed by atoms with Crippen molar-refractivity contribution in [1.29, 1.82) is 0 Å². The van der Waals surface area contributed by atoms with E-state index in [0.29, 0.717) is 92.4 Å². The Morgan fingerprint density at radius 2 is 0.800 bits per heavy atom. The molecule has 0 fully saturated rings. The van der Waals surface area contributed by atoms with E-state index in [2.05, 4.69) is 75.3 Å². The van der Waals surface area contributed by atoms with Crippen molar-refractivity contribution in [3.8, 4) is 11.8 Å². The molecule has 0 saturated carbocycles. The fourth-order valence-corrected chi connectivity index (χ4v) is 12.2. The van der Waals surface area contributed by atoms with Gasteiger partial charge in [0.1, 0.15) is 0 Å². The first-order valence-electron chi connectivity index (χ1n) is 38.9. The van der Waals surface area contributed by atoms with Crippen molar-refractivity contribution >= 4 is 81.6 Å². The van der Waals surface area contributed by atoms with Crippen molar-refractivity contribution in [3.05, 3.63) is 221 Å². The normalized spacial score (nSPS) is 12.6. The second-order valence-electron chi connectivity index (χ2n) is 26.3. The van der Waals surface area contributed by atoms with Crippen LogP contribution in [0, 0.1) is 32.1 Å². The number of nitro groups is 2. The van der Waals surface area contributed by atoms with Crippen LogP contribution in [-0.4, -0.2) is 223 Å². The smallest absolute Gasteiger partial charge is 0.315 e. The van der Waals surface area contributed by atoms with Crippen LogP contribution < -0.4 is 63.2 Å². The highest BCUT2D eigenvalue weighted by molar-refractivity contribution is 6.02. The summed E-state index contributed by atoms with van der Waals surface area (Å²) >= 11 is 0. The largest absolute Gasteiger partial charge is 0.379 e. The van der Waals surface area contributed by atoms with Crippen LogP contribution in [0.1, 0.15) is 95.1 Å². The maximum Gasteiger partial charge on any atom is 0.315 e. The van der Waals surface area contributed by atoms with Crippen molar-refractivity contribution in [1.82, 2.24) is 58.5 Å². The summed E-state index contributed by atoms with van der Waals surface area (Å²) in [5.74, 6) is 4.94. The highest BCUT2D eigenvalue weighted by atomic mass is 16.6. The number of hydrogen-bond acceptors (Lipinski definition) is 24. The van der Waals surface area contributed by atoms with Gasteiger partial charge in [-0.15, -0.1) is 5.12 Å². The summed E-state index contributed by atoms with van der Waals surface area (Å²) in [6.07, 6.45) is 0.183. The number of rotatable bonds is 46. The van der Waals surface area contributed by atoms with Crippen molar-refractivity contribution in [2.45, 2.75) is 63.7 Å². The first-order chi connectivity index (χ1) is 58.3. The highest BCUT2D eigenvalue weighted by Gasteiger charge is 2.32. The summed E-state index contributed by atoms with van der Waals surface area (Å²) in [5, 5.41) is 48.6. The minimum Gasteiger partial charge on any atom is -0.379 e. The molecule has 6 aromatic carbocycles. The SMILES string of the molecule is CN=[N+]=[N-].CNC(=O)NC(CC(=O)NCCOCCOCCOCCOCCC(=O)NCCC(=O)N1Cc2ccccc2C#Cc2ccccc21)c1ccccc1[N+](=O)[O-].CNC(=O)NC(CC(=O)NCCOCCOCCOCCOCCC(=O)NCCC(=O)N1Cc2ccccc2C2=C(NN(C)N2)c2ccccc21)c1ccccc1[N+](=O)[O-]. The molecular formula is C82H104N18O20. The number of nitrogens with one attached hydrogen (secondary N) is 10. The molecule has 0 aromatic heterocycles. The van der Waals surface area contributed by atoms with Crippen molar-refractivity contribution in [2.75, 3.05) is 170 Å². The van der Waals surface area contributed by atoms with Gasteiger partial charge in [-0.1, -0.05) is 126 Å². The number of carbonyl (C=O) groups is 8. The highest BCUT2D eigenvalue weighted by Crippen LogP contribution is 2.38. The third-order valence-electron chi connectivity index (χ3n) is 18.0. The van der Waals surface area contributed by atoms with E-state index < -0.39 is 45.8 Å². The van der Waals surface area contributed by atoms with Crippen LogP contribution in [0.2, 0.25) is 0 Å². The fourth-order valence-electron chi connectivity index (χ4n) is 12.2. The van der Waals surface area contributed by atoms with Crippen LogP contribution >= 0.6 is 0 Å². The molecule has 9 rings (SSSR count). The van der Waals surface area contributed by atoms with Gasteiger partial charge >= 0.3 is 12.1 Å². The zero-order chi connectivity index (χ0) is 86.1. The summed E-state index contributed by atoms with van der Waals surface area (Å²) in [7, 11) is 6.09. The number of azide groups is 1. The predicted octanol–water partition coefficient (Wildman–Crippen LogP) is 6.27. The lowest BCUT2D eigenvalue weighted by molar-refractivity contribution is -0.385. The second-order valence-corrected chi connectivity index (χ2v) is 26.3. The van der Waals surface area contributed by atoms with E-state index in [9.17, 15) is 58.6 Å². The van der Waals surface area contributed by atoms with Gasteiger partial charge in [0.2, 0.25) is 35.4 Å². The second kappa shape index (κ2) is 53.6. The van der Waals surface area contributed by atoms with Crippen molar-refractivity contribution in [2.24, 2.45) is 5.11 Å². The van der Waals surface area contributed by atoms with Gasteiger partial charge in [-0.3, -0.25) is 59.8 Å². The van der Waals surface area contributed by atoms with Crippen LogP contribution in [0.3, 0.4) is 0 Å². The minimum atomic E-state index is -0.908. The number of hydrogen-bond donors (Lipinski definition) is 10. The van der Waals surface area contributed by atoms with E-state index in [4.69, 9.17) is 43.4 Å². The third-order valence-corrected chi connectivity index (χ3v) is 18.0. The molecule has 0 saturated heterocycles. The van der Waals surface area contributed by atoms with E-state index >= 15 is 0 Å². The van der Waals surface area contributed by atoms with Gasteiger partial charge in [0, 0.05) is 119 Å². The molecule has 2 atom stereocenters. The van der Waals surface area contributed by atoms with Crippen molar-refractivity contribution < 1.29 is 86.1 Å². The van der Waals surface area contributed by atoms with E-state index in [1.807, 2.05) is 104 Å². The van der Waals surface area contributed by atoms with Crippen LogP contribution in [0.5, 0.6) is 0 Å². The van der Waals surface area contributed by atoms with E-state index in [0.717, 1.165) is 56.1 Å². The van der Waals surface area contributed by atoms with Gasteiger partial charge in [-0.25, -0.2) is 9.59 Å². The molecule has 38 heteroatoms. The van der Waals surface area contributed by atoms with E-state index in [-0.39, 0.29) is 137 Å². The van der Waals surface area contributed by atoms with Crippen LogP contribution in [0.15, 0.2) is 151 Å². The quantitative estimate of drug-likeness (QED) is 0.00383. The topological polar surface area (TPSA) is 475 Å². The lowest BCUT2D eigenvalue weighted by Crippen LogP contribution is -2.39. The Morgan fingerprint density at radius 3 is 1.26 bits per heavy atom. The summed E-state index contributed by atoms with van der Waals surface area (Å²) in [5.41, 5.74) is 23.0. The molecule has 0 radical (unpaired) electrons. The number of carbonyl (C=O) groups excluding carboxylic acids is 8. The van der Waals surface area contributed by atoms with Crippen LogP contribution in [-0.2, 0) is 79.8 Å². The van der Waals surface area contributed by atoms with Gasteiger partial charge in [0.15, 0.2) is 0 Å². The summed E-state index contributed by atoms with van der Waals surface area (Å²) in [6, 6.07) is 40.0. The van der Waals surface area contributed by atoms with Crippen molar-refractivity contribution in [3.63, 3.8) is 0 Å². The van der Waals surface area contributed by atoms with Gasteiger partial charge in [-0.2, -0.15) is 0 Å². The first kappa shape index (κ1) is 94.5. The number of fused-ring (bicyclic) bond motifs is 6. The standard InChI is InChI=1S/C41H53N9O10.C40H48N6O10.CH3N3/c1-42-41(54)45-33(31-11-5-8-14-35(31)50(55)56)27-37(52)44-18-20-58-22-24-60-26-25-59-23-21-57-19-16-36(51)43-17-15-38(53)49-28-29-9-3-4-10-30(29)39-40(47-48(2)46-39)32-12-6-7-13-34(32)49;1-41-40(50)44-34(33-11-5-7-13-36(33)46(51)52)28-38(48)43-19-21-54-23-25-56-27-26-55-24-22-53-20-17-37(47)42-18-16-39(49)45-29-32-10-3-2-8-30(32)14-15-31-9-4-6-12-35(31)45;1-3-4-2/h3-14,33,46-47H,15-28H2,1-2H3,(H,43,51)(H,44,52)(H2,42,45,54);2-13,34H,16-29H2,1H3,(H,42,47)(H,43,48)(H2,41,44,50);1H3. The average Bonchev–Trinajstić information content (AvgIpc) is 1.56. The maximum absolute atomic E-state index is 13.6. The Hall–Kier alpha value is -12.7. The van der Waals surface area contributed by atoms with Gasteiger partial charge in [0.25, 0.3) is 11.4 Å². The number of ether oxygens (including phenoxy) is 8.